The number of nitrogen functional groups attached to an aromatic ring is 1. The van der Waals surface area contributed by atoms with E-state index in [1.807, 2.05) is 24.3 Å². The second-order valence-electron chi connectivity index (χ2n) is 8.25. The second-order valence-corrected chi connectivity index (χ2v) is 10.8. The molecule has 4 aromatic rings. The van der Waals surface area contributed by atoms with Crippen LogP contribution in [-0.2, 0) is 16.4 Å². The summed E-state index contributed by atoms with van der Waals surface area (Å²) in [5.74, 6) is 0.546. The Labute approximate surface area is 203 Å². The molecule has 0 bridgehead atoms. The van der Waals surface area contributed by atoms with Crippen molar-refractivity contribution in [3.8, 4) is 34.0 Å². The van der Waals surface area contributed by atoms with Crippen LogP contribution in [0.25, 0.3) is 34.0 Å². The van der Waals surface area contributed by atoms with Crippen LogP contribution in [0.4, 0.5) is 10.2 Å². The molecule has 0 radical (unpaired) electrons. The lowest BCUT2D eigenvalue weighted by Crippen LogP contribution is -2.15. The molecule has 0 fully saturated rings. The largest absolute Gasteiger partial charge is 0.382 e. The Bertz CT molecular complexity index is 1400. The first-order valence-electron chi connectivity index (χ1n) is 11.1. The van der Waals surface area contributed by atoms with Crippen molar-refractivity contribution in [2.24, 2.45) is 0 Å². The Hall–Kier alpha value is -3.63. The quantitative estimate of drug-likeness (QED) is 0.330. The molecule has 0 atom stereocenters. The highest BCUT2D eigenvalue weighted by Gasteiger charge is 2.20. The van der Waals surface area contributed by atoms with E-state index in [0.29, 0.717) is 41.5 Å². The van der Waals surface area contributed by atoms with E-state index in [-0.39, 0.29) is 10.7 Å². The zero-order chi connectivity index (χ0) is 25.0. The molecule has 0 amide bonds. The molecule has 10 heteroatoms. The fraction of sp³-hybridized carbons (Fsp3) is 0.240. The molecule has 2 heterocycles. The van der Waals surface area contributed by atoms with Crippen molar-refractivity contribution < 1.29 is 17.3 Å². The van der Waals surface area contributed by atoms with Gasteiger partial charge in [0, 0.05) is 30.3 Å². The lowest BCUT2D eigenvalue weighted by Gasteiger charge is -2.09. The first kappa shape index (κ1) is 24.5. The summed E-state index contributed by atoms with van der Waals surface area (Å²) in [5, 5.41) is 6.64. The van der Waals surface area contributed by atoms with Crippen molar-refractivity contribution in [2.45, 2.75) is 30.5 Å². The molecule has 35 heavy (non-hydrogen) atoms. The maximum Gasteiger partial charge on any atom is 0.189 e. The molecule has 0 aliphatic rings. The van der Waals surface area contributed by atoms with E-state index in [1.54, 1.807) is 44.2 Å². The number of rotatable bonds is 9. The minimum atomic E-state index is -3.36. The Balaban J connectivity index is 1.57. The summed E-state index contributed by atoms with van der Waals surface area (Å²) in [7, 11) is -3.36. The van der Waals surface area contributed by atoms with Crippen molar-refractivity contribution >= 4 is 15.7 Å². The van der Waals surface area contributed by atoms with Gasteiger partial charge in [0.05, 0.1) is 22.0 Å². The number of nitrogens with one attached hydrogen (secondary N) is 1. The van der Waals surface area contributed by atoms with Gasteiger partial charge in [-0.2, -0.15) is 0 Å². The first-order chi connectivity index (χ1) is 16.8. The zero-order valence-electron chi connectivity index (χ0n) is 19.4. The van der Waals surface area contributed by atoms with Crippen LogP contribution in [0.5, 0.6) is 0 Å². The third-order valence-corrected chi connectivity index (χ3v) is 7.66. The fourth-order valence-electron chi connectivity index (χ4n) is 3.42. The van der Waals surface area contributed by atoms with Gasteiger partial charge in [0.15, 0.2) is 27.1 Å². The van der Waals surface area contributed by atoms with Crippen LogP contribution in [0.2, 0.25) is 0 Å². The van der Waals surface area contributed by atoms with Crippen LogP contribution in [0, 0.1) is 0 Å². The normalized spacial score (nSPS) is 11.8. The van der Waals surface area contributed by atoms with E-state index in [4.69, 9.17) is 10.3 Å². The molecule has 0 saturated carbocycles. The summed E-state index contributed by atoms with van der Waals surface area (Å²) in [5.41, 5.74) is 10.1. The van der Waals surface area contributed by atoms with Crippen molar-refractivity contribution in [1.82, 2.24) is 20.4 Å². The maximum atomic E-state index is 12.4. The van der Waals surface area contributed by atoms with Crippen molar-refractivity contribution in [3.05, 3.63) is 66.4 Å². The number of halogens is 1. The molecule has 2 aromatic carbocycles. The van der Waals surface area contributed by atoms with Gasteiger partial charge in [-0.05, 0) is 31.5 Å². The first-order valence-corrected chi connectivity index (χ1v) is 12.6. The Morgan fingerprint density at radius 3 is 2.34 bits per heavy atom. The van der Waals surface area contributed by atoms with Gasteiger partial charge in [0.1, 0.15) is 12.4 Å². The van der Waals surface area contributed by atoms with E-state index in [9.17, 15) is 12.8 Å². The van der Waals surface area contributed by atoms with Gasteiger partial charge in [-0.1, -0.05) is 41.6 Å². The van der Waals surface area contributed by atoms with Gasteiger partial charge < -0.3 is 15.6 Å². The summed E-state index contributed by atoms with van der Waals surface area (Å²) in [6.45, 7) is 3.79. The number of aromatic nitrogens is 3. The number of anilines is 1. The van der Waals surface area contributed by atoms with Gasteiger partial charge >= 0.3 is 0 Å². The molecule has 0 unspecified atom stereocenters. The molecule has 3 N–H and O–H groups in total. The Kier molecular flexibility index (Phi) is 7.23. The summed E-state index contributed by atoms with van der Waals surface area (Å²) in [6, 6.07) is 15.9. The monoisotopic (exact) mass is 495 g/mol. The van der Waals surface area contributed by atoms with Crippen LogP contribution in [0.3, 0.4) is 0 Å². The lowest BCUT2D eigenvalue weighted by atomic mass is 10.1. The number of hydrogen-bond donors (Lipinski definition) is 2. The van der Waals surface area contributed by atoms with E-state index in [0.717, 1.165) is 11.1 Å². The minimum Gasteiger partial charge on any atom is -0.382 e. The predicted octanol–water partition coefficient (Wildman–Crippen LogP) is 4.29. The number of benzene rings is 2. The second kappa shape index (κ2) is 10.3. The number of alkyl halides is 1. The minimum absolute atomic E-state index is 0.185. The van der Waals surface area contributed by atoms with Gasteiger partial charge in [-0.25, -0.2) is 22.8 Å². The highest BCUT2D eigenvalue weighted by molar-refractivity contribution is 7.92. The highest BCUT2D eigenvalue weighted by Crippen LogP contribution is 2.30. The number of nitrogens with two attached hydrogens (primary N) is 1. The van der Waals surface area contributed by atoms with Gasteiger partial charge in [0.2, 0.25) is 0 Å². The van der Waals surface area contributed by atoms with Crippen LogP contribution in [-0.4, -0.2) is 42.0 Å². The number of hydrogen-bond acceptors (Lipinski definition) is 8. The van der Waals surface area contributed by atoms with E-state index in [2.05, 4.69) is 20.4 Å². The average molecular weight is 496 g/mol. The van der Waals surface area contributed by atoms with Gasteiger partial charge in [0.25, 0.3) is 0 Å². The Morgan fingerprint density at radius 1 is 1.03 bits per heavy atom. The van der Waals surface area contributed by atoms with Crippen molar-refractivity contribution in [2.75, 3.05) is 19.0 Å². The summed E-state index contributed by atoms with van der Waals surface area (Å²) < 4.78 is 42.5. The van der Waals surface area contributed by atoms with Gasteiger partial charge in [-0.15, -0.1) is 0 Å². The third kappa shape index (κ3) is 5.39. The van der Waals surface area contributed by atoms with E-state index in [1.165, 1.54) is 6.20 Å². The maximum absolute atomic E-state index is 12.4. The number of sulfone groups is 1. The molecule has 182 valence electrons. The molecule has 2 aromatic heterocycles. The molecular weight excluding hydrogens is 469 g/mol. The standard InChI is InChI=1S/C25H26FN5O3S/c1-16(2)35(32,33)20-9-7-19(8-10-20)22-15-29-25(27)24(30-22)23-13-21(31-34-23)18-5-3-17(4-6-18)14-28-12-11-26/h3-10,13,15-16,28H,11-12,14H2,1-2H3,(H2,27,29). The number of nitrogens with zero attached hydrogens (tertiary/aromatic N) is 3. The predicted molar refractivity (Wildman–Crippen MR) is 133 cm³/mol. The smallest absolute Gasteiger partial charge is 0.189 e. The topological polar surface area (TPSA) is 124 Å². The zero-order valence-corrected chi connectivity index (χ0v) is 20.2. The SMILES string of the molecule is CC(C)S(=O)(=O)c1ccc(-c2cnc(N)c(-c3cc(-c4ccc(CNCCF)cc4)no3)n2)cc1. The molecule has 4 rings (SSSR count). The Morgan fingerprint density at radius 2 is 1.69 bits per heavy atom. The van der Waals surface area contributed by atoms with Crippen molar-refractivity contribution in [3.63, 3.8) is 0 Å². The molecular formula is C25H26FN5O3S. The lowest BCUT2D eigenvalue weighted by molar-refractivity contribution is 0.434. The third-order valence-electron chi connectivity index (χ3n) is 5.49. The van der Waals surface area contributed by atoms with E-state index < -0.39 is 21.8 Å². The van der Waals surface area contributed by atoms with E-state index >= 15 is 0 Å². The fourth-order valence-corrected chi connectivity index (χ4v) is 4.48. The van der Waals surface area contributed by atoms with Crippen LogP contribution in [0.1, 0.15) is 19.4 Å². The molecule has 8 nitrogen and oxygen atoms in total. The summed E-state index contributed by atoms with van der Waals surface area (Å²) in [4.78, 5) is 9.08. The molecule has 0 saturated heterocycles. The van der Waals surface area contributed by atoms with Crippen LogP contribution < -0.4 is 11.1 Å². The molecule has 0 aliphatic carbocycles. The summed E-state index contributed by atoms with van der Waals surface area (Å²) >= 11 is 0. The van der Waals surface area contributed by atoms with Crippen LogP contribution >= 0.6 is 0 Å². The summed E-state index contributed by atoms with van der Waals surface area (Å²) in [6.07, 6.45) is 1.53. The van der Waals surface area contributed by atoms with Crippen molar-refractivity contribution in [1.29, 1.82) is 0 Å². The average Bonchev–Trinajstić information content (AvgIpc) is 3.35. The highest BCUT2D eigenvalue weighted by atomic mass is 32.2. The molecule has 0 spiro atoms. The molecule has 0 aliphatic heterocycles. The van der Waals surface area contributed by atoms with Crippen LogP contribution in [0.15, 0.2) is 70.2 Å². The van der Waals surface area contributed by atoms with Gasteiger partial charge in [-0.3, -0.25) is 0 Å².